The van der Waals surface area contributed by atoms with Crippen LogP contribution < -0.4 is 0 Å². The molecule has 1 aliphatic carbocycles. The van der Waals surface area contributed by atoms with E-state index in [0.717, 1.165) is 15.6 Å². The Bertz CT molecular complexity index is 520. The molecule has 0 amide bonds. The average molecular weight is 251 g/mol. The first kappa shape index (κ1) is 10.3. The normalized spacial score (nSPS) is 20.0. The minimum absolute atomic E-state index is 0.242. The molecule has 0 bridgehead atoms. The van der Waals surface area contributed by atoms with Crippen molar-refractivity contribution >= 4 is 22.9 Å². The molecule has 1 aromatic carbocycles. The van der Waals surface area contributed by atoms with Gasteiger partial charge in [-0.1, -0.05) is 35.9 Å². The molecule has 3 rings (SSSR count). The summed E-state index contributed by atoms with van der Waals surface area (Å²) < 4.78 is 0.738. The Labute approximate surface area is 103 Å². The first-order chi connectivity index (χ1) is 7.75. The van der Waals surface area contributed by atoms with Crippen molar-refractivity contribution in [1.82, 2.24) is 0 Å². The number of aliphatic hydroxyl groups excluding tert-OH is 1. The molecule has 2 atom stereocenters. The Morgan fingerprint density at radius 2 is 2.06 bits per heavy atom. The van der Waals surface area contributed by atoms with Gasteiger partial charge in [0.05, 0.1) is 10.4 Å². The van der Waals surface area contributed by atoms with Gasteiger partial charge in [0, 0.05) is 10.8 Å². The fraction of sp³-hybridized carbons (Fsp3) is 0.231. The second kappa shape index (κ2) is 3.88. The molecule has 1 aliphatic rings. The summed E-state index contributed by atoms with van der Waals surface area (Å²) in [7, 11) is 0. The smallest absolute Gasteiger partial charge is 0.0954 e. The summed E-state index contributed by atoms with van der Waals surface area (Å²) in [5.74, 6) is 0.242. The molecule has 1 nitrogen and oxygen atoms in total. The molecule has 1 N–H and O–H groups in total. The molecule has 3 heteroatoms. The predicted molar refractivity (Wildman–Crippen MR) is 67.2 cm³/mol. The second-order valence-corrected chi connectivity index (χ2v) is 5.84. The largest absolute Gasteiger partial charge is 0.387 e. The molecule has 0 saturated heterocycles. The minimum Gasteiger partial charge on any atom is -0.387 e. The van der Waals surface area contributed by atoms with E-state index < -0.39 is 6.10 Å². The number of halogens is 1. The quantitative estimate of drug-likeness (QED) is 0.860. The third kappa shape index (κ3) is 1.58. The van der Waals surface area contributed by atoms with Crippen molar-refractivity contribution in [3.63, 3.8) is 0 Å². The lowest BCUT2D eigenvalue weighted by molar-refractivity contribution is 0.138. The van der Waals surface area contributed by atoms with Crippen LogP contribution in [0.1, 0.15) is 28.0 Å². The Balaban J connectivity index is 1.87. The van der Waals surface area contributed by atoms with Crippen LogP contribution in [0.4, 0.5) is 0 Å². The Kier molecular flexibility index (Phi) is 2.51. The van der Waals surface area contributed by atoms with Crippen LogP contribution in [-0.2, 0) is 6.42 Å². The number of aliphatic hydroxyl groups is 1. The van der Waals surface area contributed by atoms with E-state index in [1.165, 1.54) is 22.5 Å². The molecule has 2 unspecified atom stereocenters. The van der Waals surface area contributed by atoms with Gasteiger partial charge in [-0.05, 0) is 29.7 Å². The van der Waals surface area contributed by atoms with E-state index in [9.17, 15) is 5.11 Å². The van der Waals surface area contributed by atoms with Crippen molar-refractivity contribution in [1.29, 1.82) is 0 Å². The molecular weight excluding hydrogens is 240 g/mol. The van der Waals surface area contributed by atoms with Crippen molar-refractivity contribution in [3.8, 4) is 0 Å². The van der Waals surface area contributed by atoms with Gasteiger partial charge in [-0.2, -0.15) is 0 Å². The van der Waals surface area contributed by atoms with Gasteiger partial charge in [-0.15, -0.1) is 11.3 Å². The van der Waals surface area contributed by atoms with Gasteiger partial charge in [0.1, 0.15) is 0 Å². The number of benzene rings is 1. The molecule has 2 aromatic rings. The summed E-state index contributed by atoms with van der Waals surface area (Å²) in [6.07, 6.45) is 0.555. The maximum absolute atomic E-state index is 10.3. The zero-order valence-corrected chi connectivity index (χ0v) is 10.1. The maximum atomic E-state index is 10.3. The van der Waals surface area contributed by atoms with Crippen LogP contribution in [0.25, 0.3) is 0 Å². The Hall–Kier alpha value is -0.830. The molecule has 0 fully saturated rings. The van der Waals surface area contributed by atoms with Gasteiger partial charge in [0.25, 0.3) is 0 Å². The Morgan fingerprint density at radius 3 is 2.75 bits per heavy atom. The van der Waals surface area contributed by atoms with Crippen LogP contribution in [0.3, 0.4) is 0 Å². The van der Waals surface area contributed by atoms with Gasteiger partial charge in [-0.3, -0.25) is 0 Å². The van der Waals surface area contributed by atoms with Crippen molar-refractivity contribution < 1.29 is 5.11 Å². The number of thiophene rings is 1. The van der Waals surface area contributed by atoms with Crippen LogP contribution in [-0.4, -0.2) is 5.11 Å². The molecular formula is C13H11ClOS. The van der Waals surface area contributed by atoms with E-state index in [0.29, 0.717) is 0 Å². The van der Waals surface area contributed by atoms with Crippen LogP contribution in [0, 0.1) is 0 Å². The predicted octanol–water partition coefficient (Wildman–Crippen LogP) is 3.77. The monoisotopic (exact) mass is 250 g/mol. The highest BCUT2D eigenvalue weighted by Gasteiger charge is 2.33. The number of hydrogen-bond acceptors (Lipinski definition) is 2. The lowest BCUT2D eigenvalue weighted by Gasteiger charge is -2.33. The van der Waals surface area contributed by atoms with Gasteiger partial charge >= 0.3 is 0 Å². The number of hydrogen-bond donors (Lipinski definition) is 1. The lowest BCUT2D eigenvalue weighted by Crippen LogP contribution is -2.22. The maximum Gasteiger partial charge on any atom is 0.0954 e. The van der Waals surface area contributed by atoms with Gasteiger partial charge < -0.3 is 5.11 Å². The second-order valence-electron chi connectivity index (χ2n) is 4.10. The number of fused-ring (bicyclic) bond motifs is 1. The fourth-order valence-electron chi connectivity index (χ4n) is 2.26. The topological polar surface area (TPSA) is 20.2 Å². The zero-order chi connectivity index (χ0) is 11.1. The van der Waals surface area contributed by atoms with Gasteiger partial charge in [0.2, 0.25) is 0 Å². The molecule has 16 heavy (non-hydrogen) atoms. The standard InChI is InChI=1S/C13H11ClOS/c14-12-6-5-11(16-12)13(15)10-7-8-3-1-2-4-9(8)10/h1-6,10,13,15H,7H2. The highest BCUT2D eigenvalue weighted by Crippen LogP contribution is 2.45. The lowest BCUT2D eigenvalue weighted by atomic mass is 9.74. The van der Waals surface area contributed by atoms with E-state index in [4.69, 9.17) is 11.6 Å². The van der Waals surface area contributed by atoms with Crippen LogP contribution >= 0.6 is 22.9 Å². The van der Waals surface area contributed by atoms with E-state index in [2.05, 4.69) is 12.1 Å². The minimum atomic E-state index is -0.410. The van der Waals surface area contributed by atoms with Crippen LogP contribution in [0.2, 0.25) is 4.34 Å². The zero-order valence-electron chi connectivity index (χ0n) is 8.56. The number of rotatable bonds is 2. The molecule has 0 aliphatic heterocycles. The summed E-state index contributed by atoms with van der Waals surface area (Å²) in [6.45, 7) is 0. The van der Waals surface area contributed by atoms with Crippen molar-refractivity contribution in [2.24, 2.45) is 0 Å². The summed E-state index contributed by atoms with van der Waals surface area (Å²) in [6, 6.07) is 12.1. The van der Waals surface area contributed by atoms with Crippen LogP contribution in [0.15, 0.2) is 36.4 Å². The molecule has 0 spiro atoms. The van der Waals surface area contributed by atoms with Gasteiger partial charge in [0.15, 0.2) is 0 Å². The Morgan fingerprint density at radius 1 is 1.25 bits per heavy atom. The van der Waals surface area contributed by atoms with E-state index >= 15 is 0 Å². The fourth-order valence-corrected chi connectivity index (χ4v) is 3.38. The van der Waals surface area contributed by atoms with Gasteiger partial charge in [-0.25, -0.2) is 0 Å². The molecule has 1 heterocycles. The molecule has 1 aromatic heterocycles. The molecule has 0 saturated carbocycles. The van der Waals surface area contributed by atoms with Crippen LogP contribution in [0.5, 0.6) is 0 Å². The van der Waals surface area contributed by atoms with Crippen molar-refractivity contribution in [2.75, 3.05) is 0 Å². The third-order valence-corrected chi connectivity index (χ3v) is 4.46. The third-order valence-electron chi connectivity index (χ3n) is 3.16. The van der Waals surface area contributed by atoms with E-state index in [1.54, 1.807) is 0 Å². The first-order valence-corrected chi connectivity index (χ1v) is 6.46. The van der Waals surface area contributed by atoms with E-state index in [-0.39, 0.29) is 5.92 Å². The average Bonchev–Trinajstić information content (AvgIpc) is 2.67. The highest BCUT2D eigenvalue weighted by atomic mass is 35.5. The van der Waals surface area contributed by atoms with Crippen molar-refractivity contribution in [3.05, 3.63) is 56.7 Å². The molecule has 82 valence electrons. The molecule has 0 radical (unpaired) electrons. The summed E-state index contributed by atoms with van der Waals surface area (Å²) in [4.78, 5) is 0.963. The summed E-state index contributed by atoms with van der Waals surface area (Å²) in [5, 5.41) is 10.3. The highest BCUT2D eigenvalue weighted by molar-refractivity contribution is 7.16. The first-order valence-electron chi connectivity index (χ1n) is 5.27. The summed E-state index contributed by atoms with van der Waals surface area (Å²) >= 11 is 7.34. The SMILES string of the molecule is OC(c1ccc(Cl)s1)C1Cc2ccccc21. The van der Waals surface area contributed by atoms with Crippen molar-refractivity contribution in [2.45, 2.75) is 18.4 Å². The summed E-state index contributed by atoms with van der Waals surface area (Å²) in [5.41, 5.74) is 2.63. The van der Waals surface area contributed by atoms with E-state index in [1.807, 2.05) is 24.3 Å².